The van der Waals surface area contributed by atoms with Crippen molar-refractivity contribution in [2.24, 2.45) is 0 Å². The highest BCUT2D eigenvalue weighted by atomic mass is 16.6. The van der Waals surface area contributed by atoms with Gasteiger partial charge in [-0.25, -0.2) is 9.59 Å². The van der Waals surface area contributed by atoms with Crippen LogP contribution < -0.4 is 20.1 Å². The van der Waals surface area contributed by atoms with Gasteiger partial charge < -0.3 is 29.6 Å². The Morgan fingerprint density at radius 3 is 1.45 bits per heavy atom. The van der Waals surface area contributed by atoms with Crippen molar-refractivity contribution in [2.75, 3.05) is 52.5 Å². The molecule has 0 radical (unpaired) electrons. The molecule has 0 bridgehead atoms. The minimum atomic E-state index is -0.417. The number of benzene rings is 2. The monoisotopic (exact) mass is 610 g/mol. The maximum atomic E-state index is 12.5. The van der Waals surface area contributed by atoms with Crippen LogP contribution in [0.5, 0.6) is 11.5 Å². The Labute approximate surface area is 262 Å². The summed E-state index contributed by atoms with van der Waals surface area (Å²) in [6.45, 7) is 13.4. The molecule has 44 heavy (non-hydrogen) atoms. The highest BCUT2D eigenvalue weighted by molar-refractivity contribution is 5.67. The summed E-state index contributed by atoms with van der Waals surface area (Å²) in [5.41, 5.74) is 2.11. The molecule has 10 nitrogen and oxygen atoms in total. The highest BCUT2D eigenvalue weighted by Crippen LogP contribution is 2.21. The Hall–Kier alpha value is -3.50. The molecule has 2 aliphatic rings. The van der Waals surface area contributed by atoms with Gasteiger partial charge in [-0.15, -0.1) is 0 Å². The molecule has 2 N–H and O–H groups in total. The minimum Gasteiger partial charge on any atom is -0.489 e. The van der Waals surface area contributed by atoms with Crippen LogP contribution in [-0.4, -0.2) is 98.8 Å². The molecule has 6 unspecified atom stereocenters. The third-order valence-electron chi connectivity index (χ3n) is 8.08. The molecule has 242 valence electrons. The molecule has 10 heteroatoms. The number of hydrogen-bond acceptors (Lipinski definition) is 8. The van der Waals surface area contributed by atoms with E-state index in [1.807, 2.05) is 62.4 Å². The molecule has 0 saturated carbocycles. The number of amides is 2. The standard InChI is InChI=1S/C34H50N4O6/c1-25-13-7-9-15-31(25)41-23-29(21-37-19-27(37)3)43-33(39)35-17-11-5-6-12-18-36-34(40)44-30(22-38-20-28(38)4)24-42-32-16-10-8-14-26(32)2/h7-10,13-16,27-30H,5-6,11-12,17-24H2,1-4H3,(H,35,39)(H,36,40). The van der Waals surface area contributed by atoms with E-state index in [1.54, 1.807) is 0 Å². The SMILES string of the molecule is Cc1ccccc1OCC(CN1CC1C)OC(=O)NCCCCCCNC(=O)OC(COc1ccccc1C)CN1CC1C. The first-order valence-corrected chi connectivity index (χ1v) is 16.0. The zero-order valence-corrected chi connectivity index (χ0v) is 26.8. The number of alkyl carbamates (subject to hydrolysis) is 2. The second-order valence-corrected chi connectivity index (χ2v) is 12.1. The lowest BCUT2D eigenvalue weighted by Gasteiger charge is -2.20. The van der Waals surface area contributed by atoms with Gasteiger partial charge in [-0.1, -0.05) is 49.2 Å². The van der Waals surface area contributed by atoms with E-state index < -0.39 is 12.2 Å². The Balaban J connectivity index is 1.06. The van der Waals surface area contributed by atoms with Crippen molar-refractivity contribution < 1.29 is 28.5 Å². The molecule has 0 spiro atoms. The summed E-state index contributed by atoms with van der Waals surface area (Å²) in [6.07, 6.45) is 2.01. The van der Waals surface area contributed by atoms with Gasteiger partial charge in [0.1, 0.15) is 24.7 Å². The molecule has 2 amide bonds. The average Bonchev–Trinajstić information content (AvgIpc) is 3.90. The number of unbranched alkanes of at least 4 members (excludes halogenated alkanes) is 3. The van der Waals surface area contributed by atoms with E-state index in [4.69, 9.17) is 18.9 Å². The first-order valence-electron chi connectivity index (χ1n) is 16.0. The number of carbonyl (C=O) groups is 2. The predicted molar refractivity (Wildman–Crippen MR) is 170 cm³/mol. The van der Waals surface area contributed by atoms with Crippen LogP contribution in [0.2, 0.25) is 0 Å². The molecule has 2 saturated heterocycles. The molecule has 0 aromatic heterocycles. The van der Waals surface area contributed by atoms with Gasteiger partial charge in [0, 0.05) is 51.4 Å². The molecule has 2 aromatic carbocycles. The van der Waals surface area contributed by atoms with Crippen LogP contribution in [-0.2, 0) is 9.47 Å². The molecule has 4 rings (SSSR count). The van der Waals surface area contributed by atoms with Crippen LogP contribution in [0.15, 0.2) is 48.5 Å². The number of nitrogens with one attached hydrogen (secondary N) is 2. The van der Waals surface area contributed by atoms with Crippen molar-refractivity contribution in [2.45, 2.75) is 77.7 Å². The van der Waals surface area contributed by atoms with Gasteiger partial charge in [-0.05, 0) is 63.8 Å². The summed E-state index contributed by atoms with van der Waals surface area (Å²) in [7, 11) is 0. The number of nitrogens with zero attached hydrogens (tertiary/aromatic N) is 2. The van der Waals surface area contributed by atoms with Crippen molar-refractivity contribution in [1.82, 2.24) is 20.4 Å². The fourth-order valence-corrected chi connectivity index (χ4v) is 5.04. The Kier molecular flexibility index (Phi) is 13.0. The quantitative estimate of drug-likeness (QED) is 0.171. The van der Waals surface area contributed by atoms with E-state index in [0.717, 1.165) is 61.4 Å². The lowest BCUT2D eigenvalue weighted by atomic mass is 10.2. The van der Waals surface area contributed by atoms with Crippen molar-refractivity contribution in [3.63, 3.8) is 0 Å². The highest BCUT2D eigenvalue weighted by Gasteiger charge is 2.33. The number of ether oxygens (including phenoxy) is 4. The second-order valence-electron chi connectivity index (χ2n) is 12.1. The zero-order chi connectivity index (χ0) is 31.3. The van der Waals surface area contributed by atoms with Gasteiger partial charge in [0.15, 0.2) is 12.2 Å². The number of para-hydroxylation sites is 2. The Bertz CT molecular complexity index is 1100. The smallest absolute Gasteiger partial charge is 0.407 e. The third kappa shape index (κ3) is 11.9. The summed E-state index contributed by atoms with van der Waals surface area (Å²) >= 11 is 0. The van der Waals surface area contributed by atoms with E-state index in [1.165, 1.54) is 0 Å². The minimum absolute atomic E-state index is 0.314. The summed E-state index contributed by atoms with van der Waals surface area (Å²) in [6, 6.07) is 16.7. The molecule has 2 aliphatic heterocycles. The van der Waals surface area contributed by atoms with Crippen LogP contribution in [0.25, 0.3) is 0 Å². The number of carbonyl (C=O) groups excluding carboxylic acids is 2. The predicted octanol–water partition coefficient (Wildman–Crippen LogP) is 4.92. The topological polar surface area (TPSA) is 101 Å². The van der Waals surface area contributed by atoms with E-state index in [9.17, 15) is 9.59 Å². The van der Waals surface area contributed by atoms with Gasteiger partial charge in [-0.2, -0.15) is 0 Å². The fourth-order valence-electron chi connectivity index (χ4n) is 5.04. The normalized spacial score (nSPS) is 21.5. The maximum absolute atomic E-state index is 12.5. The number of rotatable bonds is 19. The molecule has 6 atom stereocenters. The van der Waals surface area contributed by atoms with Gasteiger partial charge in [0.05, 0.1) is 0 Å². The maximum Gasteiger partial charge on any atom is 0.407 e. The van der Waals surface area contributed by atoms with Crippen LogP contribution >= 0.6 is 0 Å². The first-order chi connectivity index (χ1) is 21.3. The summed E-state index contributed by atoms with van der Waals surface area (Å²) < 4.78 is 23.3. The first kappa shape index (κ1) is 33.4. The fraction of sp³-hybridized carbons (Fsp3) is 0.588. The van der Waals surface area contributed by atoms with Gasteiger partial charge in [0.2, 0.25) is 0 Å². The summed E-state index contributed by atoms with van der Waals surface area (Å²) in [5.74, 6) is 1.61. The van der Waals surface area contributed by atoms with Crippen molar-refractivity contribution in [3.05, 3.63) is 59.7 Å². The molecule has 2 heterocycles. The van der Waals surface area contributed by atoms with E-state index in [2.05, 4.69) is 34.3 Å². The summed E-state index contributed by atoms with van der Waals surface area (Å²) in [4.78, 5) is 29.4. The van der Waals surface area contributed by atoms with Crippen molar-refractivity contribution >= 4 is 12.2 Å². The lowest BCUT2D eigenvalue weighted by molar-refractivity contribution is 0.0551. The molecular weight excluding hydrogens is 560 g/mol. The van der Waals surface area contributed by atoms with E-state index >= 15 is 0 Å². The summed E-state index contributed by atoms with van der Waals surface area (Å²) in [5, 5.41) is 5.74. The van der Waals surface area contributed by atoms with E-state index in [0.29, 0.717) is 51.5 Å². The van der Waals surface area contributed by atoms with Crippen LogP contribution in [0.3, 0.4) is 0 Å². The largest absolute Gasteiger partial charge is 0.489 e. The Morgan fingerprint density at radius 1 is 0.705 bits per heavy atom. The van der Waals surface area contributed by atoms with Gasteiger partial charge in [0.25, 0.3) is 0 Å². The molecule has 0 aliphatic carbocycles. The molecule has 2 aromatic rings. The zero-order valence-electron chi connectivity index (χ0n) is 26.8. The molecular formula is C34H50N4O6. The van der Waals surface area contributed by atoms with Crippen molar-refractivity contribution in [3.8, 4) is 11.5 Å². The average molecular weight is 611 g/mol. The number of hydrogen-bond donors (Lipinski definition) is 2. The van der Waals surface area contributed by atoms with Crippen LogP contribution in [0.4, 0.5) is 9.59 Å². The van der Waals surface area contributed by atoms with Crippen molar-refractivity contribution in [1.29, 1.82) is 0 Å². The van der Waals surface area contributed by atoms with Crippen LogP contribution in [0, 0.1) is 13.8 Å². The van der Waals surface area contributed by atoms with Crippen LogP contribution in [0.1, 0.15) is 50.7 Å². The van der Waals surface area contributed by atoms with Gasteiger partial charge >= 0.3 is 12.2 Å². The second kappa shape index (κ2) is 17.1. The Morgan fingerprint density at radius 2 is 1.09 bits per heavy atom. The van der Waals surface area contributed by atoms with Gasteiger partial charge in [-0.3, -0.25) is 9.80 Å². The van der Waals surface area contributed by atoms with E-state index in [-0.39, 0.29) is 12.2 Å². The third-order valence-corrected chi connectivity index (χ3v) is 8.08. The lowest BCUT2D eigenvalue weighted by Crippen LogP contribution is -2.37. The molecule has 2 fully saturated rings. The number of aryl methyl sites for hydroxylation is 2.